The van der Waals surface area contributed by atoms with Gasteiger partial charge in [0.1, 0.15) is 11.9 Å². The van der Waals surface area contributed by atoms with Crippen LogP contribution in [-0.2, 0) is 22.6 Å². The van der Waals surface area contributed by atoms with E-state index in [0.717, 1.165) is 28.0 Å². The maximum absolute atomic E-state index is 12.2. The van der Waals surface area contributed by atoms with E-state index in [4.69, 9.17) is 4.98 Å². The van der Waals surface area contributed by atoms with Gasteiger partial charge in [0.25, 0.3) is 0 Å². The lowest BCUT2D eigenvalue weighted by Gasteiger charge is -2.39. The maximum atomic E-state index is 12.2. The molecule has 2 aliphatic rings. The number of hydrogen-bond donors (Lipinski definition) is 0. The molecule has 32 heavy (non-hydrogen) atoms. The number of nitrogens with zero attached hydrogens (tertiary/aromatic N) is 6. The van der Waals surface area contributed by atoms with Gasteiger partial charge in [-0.1, -0.05) is 12.1 Å². The van der Waals surface area contributed by atoms with Crippen LogP contribution in [0.25, 0.3) is 16.7 Å². The Morgan fingerprint density at radius 1 is 0.969 bits per heavy atom. The number of benzene rings is 1. The maximum Gasteiger partial charge on any atom is 0.219 e. The van der Waals surface area contributed by atoms with Crippen LogP contribution >= 0.6 is 12.4 Å². The fraction of sp³-hybridized carbons (Fsp3) is 0.391. The van der Waals surface area contributed by atoms with Gasteiger partial charge in [0.2, 0.25) is 11.8 Å². The summed E-state index contributed by atoms with van der Waals surface area (Å²) in [5.74, 6) is 1.11. The molecule has 2 amide bonds. The van der Waals surface area contributed by atoms with Crippen LogP contribution in [0.15, 0.2) is 24.3 Å². The number of hydrogen-bond acceptors (Lipinski definition) is 5. The Balaban J connectivity index is 0.00000245. The number of fused-ring (bicyclic) bond motifs is 4. The summed E-state index contributed by atoms with van der Waals surface area (Å²) < 4.78 is 2.08. The Kier molecular flexibility index (Phi) is 5.70. The minimum Gasteiger partial charge on any atom is -0.354 e. The van der Waals surface area contributed by atoms with Crippen LogP contribution in [0.5, 0.6) is 0 Å². The molecule has 1 saturated heterocycles. The quantitative estimate of drug-likeness (QED) is 0.565. The lowest BCUT2D eigenvalue weighted by molar-refractivity contribution is -0.130. The second-order valence-electron chi connectivity index (χ2n) is 8.21. The molecule has 166 valence electrons. The standard InChI is InChI=1S/C23H24N6O2.ClH/c1-15(30)26-9-11-27(12-10-26)23-19-14-28(16(2)31)8-7-17(19)18(13-24)22-25-20-5-3-4-6-21(20)29(22)23;/h3-6H,7-12,14H2,1-2H3;1H. The Morgan fingerprint density at radius 3 is 2.31 bits per heavy atom. The van der Waals surface area contributed by atoms with E-state index in [2.05, 4.69) is 15.4 Å². The largest absolute Gasteiger partial charge is 0.354 e. The van der Waals surface area contributed by atoms with Crippen molar-refractivity contribution in [3.05, 3.63) is 41.0 Å². The number of piperazine rings is 1. The number of imidazole rings is 1. The topological polar surface area (TPSA) is 84.9 Å². The van der Waals surface area contributed by atoms with E-state index in [1.54, 1.807) is 13.8 Å². The van der Waals surface area contributed by atoms with Gasteiger partial charge >= 0.3 is 0 Å². The lowest BCUT2D eigenvalue weighted by atomic mass is 9.95. The number of rotatable bonds is 1. The second-order valence-corrected chi connectivity index (χ2v) is 8.21. The van der Waals surface area contributed by atoms with E-state index in [9.17, 15) is 14.9 Å². The van der Waals surface area contributed by atoms with Crippen LogP contribution in [0.3, 0.4) is 0 Å². The van der Waals surface area contributed by atoms with E-state index in [1.807, 2.05) is 34.1 Å². The van der Waals surface area contributed by atoms with E-state index >= 15 is 0 Å². The zero-order chi connectivity index (χ0) is 21.7. The van der Waals surface area contributed by atoms with Gasteiger partial charge in [-0.3, -0.25) is 14.0 Å². The van der Waals surface area contributed by atoms with Gasteiger partial charge < -0.3 is 14.7 Å². The van der Waals surface area contributed by atoms with Crippen LogP contribution in [0, 0.1) is 11.3 Å². The normalized spacial score (nSPS) is 16.0. The molecule has 3 aromatic rings. The molecule has 2 aromatic heterocycles. The summed E-state index contributed by atoms with van der Waals surface area (Å²) in [5.41, 5.74) is 5.06. The summed E-state index contributed by atoms with van der Waals surface area (Å²) >= 11 is 0. The first kappa shape index (κ1) is 21.9. The molecule has 0 bridgehead atoms. The monoisotopic (exact) mass is 452 g/mol. The van der Waals surface area contributed by atoms with Crippen molar-refractivity contribution < 1.29 is 9.59 Å². The van der Waals surface area contributed by atoms with E-state index in [-0.39, 0.29) is 24.2 Å². The molecule has 1 fully saturated rings. The fourth-order valence-electron chi connectivity index (χ4n) is 4.87. The number of amides is 2. The Morgan fingerprint density at radius 2 is 1.66 bits per heavy atom. The van der Waals surface area contributed by atoms with Gasteiger partial charge in [-0.2, -0.15) is 5.26 Å². The zero-order valence-electron chi connectivity index (χ0n) is 18.2. The first-order valence-corrected chi connectivity index (χ1v) is 10.6. The van der Waals surface area contributed by atoms with Crippen LogP contribution in [0.2, 0.25) is 0 Å². The zero-order valence-corrected chi connectivity index (χ0v) is 19.0. The first-order valence-electron chi connectivity index (χ1n) is 10.6. The highest BCUT2D eigenvalue weighted by Gasteiger charge is 2.31. The third kappa shape index (κ3) is 3.33. The predicted molar refractivity (Wildman–Crippen MR) is 124 cm³/mol. The molecule has 2 aliphatic heterocycles. The summed E-state index contributed by atoms with van der Waals surface area (Å²) in [5, 5.41) is 10.0. The number of aromatic nitrogens is 2. The minimum atomic E-state index is 0. The highest BCUT2D eigenvalue weighted by molar-refractivity contribution is 5.87. The Bertz CT molecular complexity index is 1270. The van der Waals surface area contributed by atoms with E-state index in [0.29, 0.717) is 56.9 Å². The van der Waals surface area contributed by atoms with Crippen molar-refractivity contribution in [1.29, 1.82) is 5.26 Å². The number of halogens is 1. The van der Waals surface area contributed by atoms with E-state index < -0.39 is 0 Å². The number of anilines is 1. The smallest absolute Gasteiger partial charge is 0.219 e. The average molecular weight is 453 g/mol. The molecule has 0 unspecified atom stereocenters. The summed E-state index contributed by atoms with van der Waals surface area (Å²) in [6.45, 7) is 6.95. The summed E-state index contributed by atoms with van der Waals surface area (Å²) in [6, 6.07) is 10.3. The van der Waals surface area contributed by atoms with Gasteiger partial charge in [-0.25, -0.2) is 4.98 Å². The van der Waals surface area contributed by atoms with Gasteiger partial charge in [0.05, 0.1) is 16.6 Å². The minimum absolute atomic E-state index is 0. The Hall–Kier alpha value is -3.31. The summed E-state index contributed by atoms with van der Waals surface area (Å²) in [7, 11) is 0. The predicted octanol–water partition coefficient (Wildman–Crippen LogP) is 2.35. The molecule has 4 heterocycles. The number of pyridine rings is 1. The van der Waals surface area contributed by atoms with Crippen LogP contribution in [0.1, 0.15) is 30.5 Å². The summed E-state index contributed by atoms with van der Waals surface area (Å²) in [4.78, 5) is 34.8. The van der Waals surface area contributed by atoms with Crippen molar-refractivity contribution in [3.8, 4) is 6.07 Å². The number of para-hydroxylation sites is 2. The number of carbonyl (C=O) groups is 2. The van der Waals surface area contributed by atoms with Crippen LogP contribution in [-0.4, -0.2) is 63.7 Å². The third-order valence-electron chi connectivity index (χ3n) is 6.49. The molecule has 5 rings (SSSR count). The Labute approximate surface area is 192 Å². The molecule has 0 saturated carbocycles. The van der Waals surface area contributed by atoms with Crippen molar-refractivity contribution >= 4 is 46.7 Å². The summed E-state index contributed by atoms with van der Waals surface area (Å²) in [6.07, 6.45) is 0.637. The van der Waals surface area contributed by atoms with Gasteiger partial charge in [0, 0.05) is 58.7 Å². The fourth-order valence-corrected chi connectivity index (χ4v) is 4.87. The second kappa shape index (κ2) is 8.32. The van der Waals surface area contributed by atoms with Gasteiger partial charge in [-0.15, -0.1) is 12.4 Å². The molecular formula is C23H25ClN6O2. The number of carbonyl (C=O) groups excluding carboxylic acids is 2. The van der Waals surface area contributed by atoms with Crippen LogP contribution < -0.4 is 4.90 Å². The van der Waals surface area contributed by atoms with Crippen molar-refractivity contribution in [1.82, 2.24) is 19.2 Å². The SMILES string of the molecule is CC(=O)N1CCN(c2c3c(c(C#N)c4nc5ccccc5n24)CCN(C(C)=O)C3)CC1.Cl. The molecule has 0 N–H and O–H groups in total. The van der Waals surface area contributed by atoms with Gasteiger partial charge in [0.15, 0.2) is 5.65 Å². The lowest BCUT2D eigenvalue weighted by Crippen LogP contribution is -2.49. The van der Waals surface area contributed by atoms with Crippen molar-refractivity contribution in [2.45, 2.75) is 26.8 Å². The van der Waals surface area contributed by atoms with Crippen molar-refractivity contribution in [2.75, 3.05) is 37.6 Å². The van der Waals surface area contributed by atoms with Gasteiger partial charge in [-0.05, 0) is 24.1 Å². The highest BCUT2D eigenvalue weighted by Crippen LogP contribution is 2.37. The van der Waals surface area contributed by atoms with Crippen molar-refractivity contribution in [2.24, 2.45) is 0 Å². The molecule has 0 spiro atoms. The molecule has 0 radical (unpaired) electrons. The number of nitriles is 1. The molecule has 8 nitrogen and oxygen atoms in total. The molecular weight excluding hydrogens is 428 g/mol. The average Bonchev–Trinajstić information content (AvgIpc) is 3.16. The molecule has 0 aliphatic carbocycles. The first-order chi connectivity index (χ1) is 15.0. The van der Waals surface area contributed by atoms with Crippen LogP contribution in [0.4, 0.5) is 5.82 Å². The highest BCUT2D eigenvalue weighted by atomic mass is 35.5. The van der Waals surface area contributed by atoms with E-state index in [1.165, 1.54) is 0 Å². The molecule has 1 aromatic carbocycles. The molecule has 9 heteroatoms. The molecule has 0 atom stereocenters. The third-order valence-corrected chi connectivity index (χ3v) is 6.49. The van der Waals surface area contributed by atoms with Crippen molar-refractivity contribution in [3.63, 3.8) is 0 Å².